The van der Waals surface area contributed by atoms with Gasteiger partial charge in [-0.05, 0) is 48.3 Å². The smallest absolute Gasteiger partial charge is 0.0242 e. The Morgan fingerprint density at radius 3 is 2.85 bits per heavy atom. The summed E-state index contributed by atoms with van der Waals surface area (Å²) in [7, 11) is 0. The third-order valence-corrected chi connectivity index (χ3v) is 3.35. The van der Waals surface area contributed by atoms with Gasteiger partial charge in [0.05, 0.1) is 0 Å². The van der Waals surface area contributed by atoms with Crippen LogP contribution in [0.5, 0.6) is 0 Å². The minimum atomic E-state index is 0.443. The van der Waals surface area contributed by atoms with Gasteiger partial charge in [-0.2, -0.15) is 11.3 Å². The number of nitrogens with two attached hydrogens (primary N) is 1. The number of hydrogen-bond donors (Lipinski definition) is 1. The van der Waals surface area contributed by atoms with E-state index in [1.54, 1.807) is 11.3 Å². The lowest BCUT2D eigenvalue weighted by Crippen LogP contribution is -2.39. The second-order valence-electron chi connectivity index (χ2n) is 3.75. The second kappa shape index (κ2) is 4.22. The van der Waals surface area contributed by atoms with Crippen LogP contribution < -0.4 is 5.73 Å². The highest BCUT2D eigenvalue weighted by atomic mass is 32.1. The Morgan fingerprint density at radius 2 is 2.23 bits per heavy atom. The molecule has 0 amide bonds. The zero-order valence-electron chi connectivity index (χ0n) is 7.78. The summed E-state index contributed by atoms with van der Waals surface area (Å²) in [5.74, 6) is 0. The molecule has 1 aliphatic rings. The number of piperidine rings is 1. The Morgan fingerprint density at radius 1 is 1.46 bits per heavy atom. The number of likely N-dealkylation sites (tertiary alicyclic amines) is 1. The third-order valence-electron chi connectivity index (χ3n) is 2.62. The molecule has 1 saturated heterocycles. The van der Waals surface area contributed by atoms with Crippen molar-refractivity contribution in [3.63, 3.8) is 0 Å². The van der Waals surface area contributed by atoms with Gasteiger partial charge in [0.25, 0.3) is 0 Å². The van der Waals surface area contributed by atoms with Gasteiger partial charge in [-0.3, -0.25) is 4.90 Å². The van der Waals surface area contributed by atoms with E-state index in [-0.39, 0.29) is 0 Å². The van der Waals surface area contributed by atoms with Gasteiger partial charge in [0, 0.05) is 12.6 Å². The van der Waals surface area contributed by atoms with Crippen LogP contribution in [0.25, 0.3) is 0 Å². The molecular weight excluding hydrogens is 180 g/mol. The second-order valence-corrected chi connectivity index (χ2v) is 4.53. The topological polar surface area (TPSA) is 29.3 Å². The molecule has 1 aromatic heterocycles. The van der Waals surface area contributed by atoms with E-state index in [4.69, 9.17) is 5.73 Å². The Hall–Kier alpha value is -0.380. The van der Waals surface area contributed by atoms with Crippen molar-refractivity contribution in [2.45, 2.75) is 25.4 Å². The van der Waals surface area contributed by atoms with Gasteiger partial charge in [0.15, 0.2) is 0 Å². The molecule has 0 unspecified atom stereocenters. The van der Waals surface area contributed by atoms with Crippen LogP contribution in [0, 0.1) is 0 Å². The summed E-state index contributed by atoms with van der Waals surface area (Å²) >= 11 is 1.78. The highest BCUT2D eigenvalue weighted by Crippen LogP contribution is 2.14. The average molecular weight is 196 g/mol. The lowest BCUT2D eigenvalue weighted by molar-refractivity contribution is 0.206. The predicted octanol–water partition coefficient (Wildman–Crippen LogP) is 1.67. The highest BCUT2D eigenvalue weighted by molar-refractivity contribution is 7.07. The first-order valence-corrected chi connectivity index (χ1v) is 5.78. The molecule has 72 valence electrons. The summed E-state index contributed by atoms with van der Waals surface area (Å²) in [6.45, 7) is 3.43. The molecule has 2 heterocycles. The number of thiophene rings is 1. The molecule has 2 N–H and O–H groups in total. The maximum atomic E-state index is 5.85. The minimum absolute atomic E-state index is 0.443. The summed E-state index contributed by atoms with van der Waals surface area (Å²) in [5.41, 5.74) is 7.29. The molecule has 0 radical (unpaired) electrons. The van der Waals surface area contributed by atoms with E-state index in [0.29, 0.717) is 6.04 Å². The van der Waals surface area contributed by atoms with Gasteiger partial charge >= 0.3 is 0 Å². The average Bonchev–Trinajstić information content (AvgIpc) is 2.62. The molecule has 0 aromatic carbocycles. The SMILES string of the molecule is NC1CCN(Cc2ccsc2)CC1. The first kappa shape index (κ1) is 9.19. The van der Waals surface area contributed by atoms with Gasteiger partial charge in [0.1, 0.15) is 0 Å². The van der Waals surface area contributed by atoms with E-state index >= 15 is 0 Å². The van der Waals surface area contributed by atoms with E-state index < -0.39 is 0 Å². The van der Waals surface area contributed by atoms with Crippen molar-refractivity contribution in [3.8, 4) is 0 Å². The maximum Gasteiger partial charge on any atom is 0.0242 e. The van der Waals surface area contributed by atoms with Crippen LogP contribution in [0.4, 0.5) is 0 Å². The standard InChI is InChI=1S/C10H16N2S/c11-10-1-4-12(5-2-10)7-9-3-6-13-8-9/h3,6,8,10H,1-2,4-5,7,11H2. The van der Waals surface area contributed by atoms with Gasteiger partial charge in [-0.1, -0.05) is 0 Å². The largest absolute Gasteiger partial charge is 0.328 e. The fraction of sp³-hybridized carbons (Fsp3) is 0.600. The summed E-state index contributed by atoms with van der Waals surface area (Å²) < 4.78 is 0. The Bertz CT molecular complexity index is 237. The molecule has 0 aliphatic carbocycles. The minimum Gasteiger partial charge on any atom is -0.328 e. The van der Waals surface area contributed by atoms with E-state index in [1.807, 2.05) is 0 Å². The van der Waals surface area contributed by atoms with Crippen molar-refractivity contribution in [1.29, 1.82) is 0 Å². The predicted molar refractivity (Wildman–Crippen MR) is 56.8 cm³/mol. The molecule has 0 bridgehead atoms. The van der Waals surface area contributed by atoms with E-state index in [1.165, 1.54) is 5.56 Å². The summed E-state index contributed by atoms with van der Waals surface area (Å²) in [6, 6.07) is 2.65. The lowest BCUT2D eigenvalue weighted by atomic mass is 10.1. The molecule has 1 fully saturated rings. The molecule has 3 heteroatoms. The van der Waals surface area contributed by atoms with Crippen LogP contribution in [0.1, 0.15) is 18.4 Å². The maximum absolute atomic E-state index is 5.85. The highest BCUT2D eigenvalue weighted by Gasteiger charge is 2.15. The summed E-state index contributed by atoms with van der Waals surface area (Å²) in [5, 5.41) is 4.37. The Balaban J connectivity index is 1.83. The number of rotatable bonds is 2. The van der Waals surface area contributed by atoms with E-state index in [0.717, 1.165) is 32.5 Å². The normalized spacial score (nSPS) is 20.7. The van der Waals surface area contributed by atoms with Crippen molar-refractivity contribution in [2.24, 2.45) is 5.73 Å². The Labute approximate surface area is 83.4 Å². The van der Waals surface area contributed by atoms with Gasteiger partial charge < -0.3 is 5.73 Å². The molecule has 0 spiro atoms. The zero-order chi connectivity index (χ0) is 9.10. The van der Waals surface area contributed by atoms with Gasteiger partial charge in [0.2, 0.25) is 0 Å². The molecular formula is C10H16N2S. The fourth-order valence-corrected chi connectivity index (χ4v) is 2.41. The number of hydrogen-bond acceptors (Lipinski definition) is 3. The van der Waals surface area contributed by atoms with Crippen molar-refractivity contribution >= 4 is 11.3 Å². The molecule has 0 saturated carbocycles. The monoisotopic (exact) mass is 196 g/mol. The summed E-state index contributed by atoms with van der Waals surface area (Å²) in [4.78, 5) is 2.49. The van der Waals surface area contributed by atoms with Crippen LogP contribution in [0.15, 0.2) is 16.8 Å². The molecule has 2 rings (SSSR count). The van der Waals surface area contributed by atoms with Crippen molar-refractivity contribution in [3.05, 3.63) is 22.4 Å². The molecule has 2 nitrogen and oxygen atoms in total. The molecule has 1 aromatic rings. The summed E-state index contributed by atoms with van der Waals surface area (Å²) in [6.07, 6.45) is 2.31. The quantitative estimate of drug-likeness (QED) is 0.779. The van der Waals surface area contributed by atoms with E-state index in [9.17, 15) is 0 Å². The van der Waals surface area contributed by atoms with E-state index in [2.05, 4.69) is 21.7 Å². The van der Waals surface area contributed by atoms with Gasteiger partial charge in [-0.15, -0.1) is 0 Å². The molecule has 0 atom stereocenters. The fourth-order valence-electron chi connectivity index (χ4n) is 1.75. The molecule has 1 aliphatic heterocycles. The molecule has 13 heavy (non-hydrogen) atoms. The first-order chi connectivity index (χ1) is 6.34. The first-order valence-electron chi connectivity index (χ1n) is 4.83. The van der Waals surface area contributed by atoms with Crippen LogP contribution >= 0.6 is 11.3 Å². The number of nitrogens with zero attached hydrogens (tertiary/aromatic N) is 1. The Kier molecular flexibility index (Phi) is 2.98. The van der Waals surface area contributed by atoms with Crippen molar-refractivity contribution in [1.82, 2.24) is 4.90 Å². The van der Waals surface area contributed by atoms with Crippen molar-refractivity contribution < 1.29 is 0 Å². The lowest BCUT2D eigenvalue weighted by Gasteiger charge is -2.29. The van der Waals surface area contributed by atoms with Crippen LogP contribution in [0.2, 0.25) is 0 Å². The zero-order valence-corrected chi connectivity index (χ0v) is 8.59. The van der Waals surface area contributed by atoms with Gasteiger partial charge in [-0.25, -0.2) is 0 Å². The van der Waals surface area contributed by atoms with Crippen LogP contribution in [-0.4, -0.2) is 24.0 Å². The van der Waals surface area contributed by atoms with Crippen molar-refractivity contribution in [2.75, 3.05) is 13.1 Å². The van der Waals surface area contributed by atoms with Crippen LogP contribution in [0.3, 0.4) is 0 Å². The third kappa shape index (κ3) is 2.53. The van der Waals surface area contributed by atoms with Crippen LogP contribution in [-0.2, 0) is 6.54 Å².